The Morgan fingerprint density at radius 3 is 2.57 bits per heavy atom. The monoisotopic (exact) mass is 337 g/mol. The van der Waals surface area contributed by atoms with Crippen molar-refractivity contribution >= 4 is 17.5 Å². The van der Waals surface area contributed by atoms with E-state index < -0.39 is 29.0 Å². The van der Waals surface area contributed by atoms with Gasteiger partial charge in [-0.05, 0) is 30.2 Å². The predicted octanol–water partition coefficient (Wildman–Crippen LogP) is 3.06. The summed E-state index contributed by atoms with van der Waals surface area (Å²) in [6.45, 7) is 1.88. The molecule has 0 atom stereocenters. The fourth-order valence-corrected chi connectivity index (χ4v) is 2.92. The molecule has 0 spiro atoms. The number of phenols is 3. The maximum Gasteiger partial charge on any atom is 0.258 e. The Morgan fingerprint density at radius 1 is 1.22 bits per heavy atom. The molecule has 0 aliphatic carbocycles. The second kappa shape index (κ2) is 5.31. The Balaban J connectivity index is 1.96. The Kier molecular flexibility index (Phi) is 3.56. The SMILES string of the molecule is Cc1c(O)c(O)c(O)c2c1CN(Cc1ccc(F)c(Cl)c1)C2=O. The molecule has 0 aromatic heterocycles. The van der Waals surface area contributed by atoms with Crippen molar-refractivity contribution in [1.29, 1.82) is 0 Å². The zero-order chi connectivity index (χ0) is 16.9. The van der Waals surface area contributed by atoms with Crippen LogP contribution in [0.3, 0.4) is 0 Å². The van der Waals surface area contributed by atoms with Gasteiger partial charge in [0.05, 0.1) is 10.6 Å². The third kappa shape index (κ3) is 2.35. The highest BCUT2D eigenvalue weighted by molar-refractivity contribution is 6.30. The van der Waals surface area contributed by atoms with Crippen LogP contribution in [0, 0.1) is 12.7 Å². The van der Waals surface area contributed by atoms with Crippen LogP contribution in [0.4, 0.5) is 4.39 Å². The molecule has 2 aromatic rings. The molecule has 3 rings (SSSR count). The quantitative estimate of drug-likeness (QED) is 0.736. The highest BCUT2D eigenvalue weighted by Gasteiger charge is 2.35. The van der Waals surface area contributed by atoms with Gasteiger partial charge in [0.25, 0.3) is 5.91 Å². The smallest absolute Gasteiger partial charge is 0.258 e. The van der Waals surface area contributed by atoms with Gasteiger partial charge in [0, 0.05) is 18.7 Å². The molecule has 1 aliphatic heterocycles. The number of hydrogen-bond donors (Lipinski definition) is 3. The van der Waals surface area contributed by atoms with Crippen molar-refractivity contribution in [3.63, 3.8) is 0 Å². The number of carbonyl (C=O) groups excluding carboxylic acids is 1. The molecule has 1 heterocycles. The largest absolute Gasteiger partial charge is 0.504 e. The summed E-state index contributed by atoms with van der Waals surface area (Å²) in [5.41, 5.74) is 1.40. The summed E-state index contributed by atoms with van der Waals surface area (Å²) in [6, 6.07) is 4.15. The van der Waals surface area contributed by atoms with E-state index in [1.165, 1.54) is 23.1 Å². The van der Waals surface area contributed by atoms with Gasteiger partial charge in [-0.2, -0.15) is 0 Å². The van der Waals surface area contributed by atoms with E-state index in [9.17, 15) is 24.5 Å². The molecule has 0 bridgehead atoms. The summed E-state index contributed by atoms with van der Waals surface area (Å²) in [5.74, 6) is -2.80. The van der Waals surface area contributed by atoms with Crippen molar-refractivity contribution in [1.82, 2.24) is 4.90 Å². The first kappa shape index (κ1) is 15.4. The van der Waals surface area contributed by atoms with Gasteiger partial charge in [0.1, 0.15) is 5.82 Å². The van der Waals surface area contributed by atoms with Crippen LogP contribution in [-0.2, 0) is 13.1 Å². The topological polar surface area (TPSA) is 81.0 Å². The zero-order valence-corrected chi connectivity index (χ0v) is 12.9. The lowest BCUT2D eigenvalue weighted by molar-refractivity contribution is 0.0764. The van der Waals surface area contributed by atoms with Gasteiger partial charge in [0.2, 0.25) is 5.75 Å². The standard InChI is InChI=1S/C16H13ClFNO4/c1-7-9-6-19(5-8-2-3-11(18)10(17)4-8)16(23)12(9)14(21)15(22)13(7)20/h2-4,20-22H,5-6H2,1H3. The van der Waals surface area contributed by atoms with Crippen LogP contribution in [0.5, 0.6) is 17.2 Å². The molecule has 0 radical (unpaired) electrons. The van der Waals surface area contributed by atoms with Gasteiger partial charge in [0.15, 0.2) is 11.5 Å². The molecule has 1 aliphatic rings. The number of hydrogen-bond acceptors (Lipinski definition) is 4. The number of aromatic hydroxyl groups is 3. The molecule has 0 unspecified atom stereocenters. The fraction of sp³-hybridized carbons (Fsp3) is 0.188. The van der Waals surface area contributed by atoms with Crippen LogP contribution < -0.4 is 0 Å². The lowest BCUT2D eigenvalue weighted by Crippen LogP contribution is -2.23. The number of rotatable bonds is 2. The first-order valence-corrected chi connectivity index (χ1v) is 7.18. The minimum absolute atomic E-state index is 0.0222. The van der Waals surface area contributed by atoms with Crippen molar-refractivity contribution in [2.45, 2.75) is 20.0 Å². The summed E-state index contributed by atoms with van der Waals surface area (Å²) >= 11 is 5.73. The minimum atomic E-state index is -0.707. The molecule has 0 fully saturated rings. The van der Waals surface area contributed by atoms with E-state index in [1.807, 2.05) is 0 Å². The first-order valence-electron chi connectivity index (χ1n) is 6.80. The van der Waals surface area contributed by atoms with Crippen molar-refractivity contribution in [2.75, 3.05) is 0 Å². The molecule has 3 N–H and O–H groups in total. The minimum Gasteiger partial charge on any atom is -0.504 e. The first-order chi connectivity index (χ1) is 10.8. The maximum atomic E-state index is 13.2. The van der Waals surface area contributed by atoms with E-state index >= 15 is 0 Å². The van der Waals surface area contributed by atoms with Crippen LogP contribution in [0.25, 0.3) is 0 Å². The Hall–Kier alpha value is -2.47. The average molecular weight is 338 g/mol. The molecule has 0 saturated carbocycles. The Labute approximate surface area is 136 Å². The molecule has 5 nitrogen and oxygen atoms in total. The van der Waals surface area contributed by atoms with Gasteiger partial charge in [-0.25, -0.2) is 4.39 Å². The fourth-order valence-electron chi connectivity index (χ4n) is 2.72. The molecule has 7 heteroatoms. The summed E-state index contributed by atoms with van der Waals surface area (Å²) in [4.78, 5) is 13.9. The number of carbonyl (C=O) groups is 1. The molecule has 1 amide bonds. The van der Waals surface area contributed by atoms with Gasteiger partial charge in [-0.3, -0.25) is 4.79 Å². The average Bonchev–Trinajstić information content (AvgIpc) is 2.84. The second-order valence-corrected chi connectivity index (χ2v) is 5.84. The van der Waals surface area contributed by atoms with Crippen molar-refractivity contribution in [3.05, 3.63) is 51.3 Å². The van der Waals surface area contributed by atoms with Crippen LogP contribution in [0.2, 0.25) is 5.02 Å². The van der Waals surface area contributed by atoms with E-state index in [1.54, 1.807) is 6.92 Å². The lowest BCUT2D eigenvalue weighted by atomic mass is 10.0. The van der Waals surface area contributed by atoms with E-state index in [4.69, 9.17) is 11.6 Å². The highest BCUT2D eigenvalue weighted by Crippen LogP contribution is 2.46. The molecular formula is C16H13ClFNO4. The number of amides is 1. The van der Waals surface area contributed by atoms with Gasteiger partial charge < -0.3 is 20.2 Å². The predicted molar refractivity (Wildman–Crippen MR) is 81.2 cm³/mol. The van der Waals surface area contributed by atoms with Gasteiger partial charge in [-0.1, -0.05) is 17.7 Å². The number of benzene rings is 2. The number of nitrogens with zero attached hydrogens (tertiary/aromatic N) is 1. The van der Waals surface area contributed by atoms with E-state index in [0.717, 1.165) is 0 Å². The number of fused-ring (bicyclic) bond motifs is 1. The molecular weight excluding hydrogens is 325 g/mol. The molecule has 0 saturated heterocycles. The van der Waals surface area contributed by atoms with E-state index in [-0.39, 0.29) is 23.7 Å². The Bertz CT molecular complexity index is 838. The molecule has 23 heavy (non-hydrogen) atoms. The lowest BCUT2D eigenvalue weighted by Gasteiger charge is -2.16. The molecule has 2 aromatic carbocycles. The third-order valence-electron chi connectivity index (χ3n) is 4.00. The maximum absolute atomic E-state index is 13.2. The molecule has 120 valence electrons. The summed E-state index contributed by atoms with van der Waals surface area (Å²) in [6.07, 6.45) is 0. The van der Waals surface area contributed by atoms with Crippen LogP contribution in [0.1, 0.15) is 27.0 Å². The van der Waals surface area contributed by atoms with Gasteiger partial charge >= 0.3 is 0 Å². The third-order valence-corrected chi connectivity index (χ3v) is 4.29. The Morgan fingerprint density at radius 2 is 1.91 bits per heavy atom. The summed E-state index contributed by atoms with van der Waals surface area (Å²) in [7, 11) is 0. The summed E-state index contributed by atoms with van der Waals surface area (Å²) < 4.78 is 13.2. The second-order valence-electron chi connectivity index (χ2n) is 5.43. The van der Waals surface area contributed by atoms with Crippen molar-refractivity contribution in [3.8, 4) is 17.2 Å². The van der Waals surface area contributed by atoms with Gasteiger partial charge in [-0.15, -0.1) is 0 Å². The normalized spacial score (nSPS) is 13.5. The van der Waals surface area contributed by atoms with Crippen LogP contribution in [0.15, 0.2) is 18.2 Å². The van der Waals surface area contributed by atoms with Crippen molar-refractivity contribution < 1.29 is 24.5 Å². The van der Waals surface area contributed by atoms with Crippen LogP contribution in [-0.4, -0.2) is 26.1 Å². The highest BCUT2D eigenvalue weighted by atomic mass is 35.5. The van der Waals surface area contributed by atoms with E-state index in [0.29, 0.717) is 16.7 Å². The van der Waals surface area contributed by atoms with Crippen LogP contribution >= 0.6 is 11.6 Å². The number of phenolic OH excluding ortho intramolecular Hbond substituents is 3. The number of halogens is 2. The summed E-state index contributed by atoms with van der Waals surface area (Å²) in [5, 5.41) is 29.4. The van der Waals surface area contributed by atoms with Crippen molar-refractivity contribution in [2.24, 2.45) is 0 Å². The van der Waals surface area contributed by atoms with E-state index in [2.05, 4.69) is 0 Å². The zero-order valence-electron chi connectivity index (χ0n) is 12.1.